The molecule has 4 heteroatoms. The van der Waals surface area contributed by atoms with Crippen molar-refractivity contribution in [2.75, 3.05) is 7.11 Å². The summed E-state index contributed by atoms with van der Waals surface area (Å²) in [7, 11) is 1.35. The van der Waals surface area contributed by atoms with Crippen LogP contribution in [0.25, 0.3) is 10.8 Å². The molecule has 3 aromatic carbocycles. The Morgan fingerprint density at radius 1 is 0.923 bits per heavy atom. The molecule has 0 aliphatic rings. The number of esters is 1. The molecule has 0 aliphatic heterocycles. The highest BCUT2D eigenvalue weighted by atomic mass is 16.5. The number of methoxy groups -OCH3 is 1. The highest BCUT2D eigenvalue weighted by Gasteiger charge is 2.19. The Morgan fingerprint density at radius 3 is 2.35 bits per heavy atom. The molecule has 3 rings (SSSR count). The van der Waals surface area contributed by atoms with E-state index in [0.717, 1.165) is 21.9 Å². The van der Waals surface area contributed by atoms with Gasteiger partial charge in [-0.1, -0.05) is 72.8 Å². The lowest BCUT2D eigenvalue weighted by Crippen LogP contribution is -2.31. The van der Waals surface area contributed by atoms with Gasteiger partial charge in [-0.3, -0.25) is 9.59 Å². The van der Waals surface area contributed by atoms with E-state index in [1.807, 2.05) is 72.8 Å². The minimum absolute atomic E-state index is 0.101. The minimum Gasteiger partial charge on any atom is -0.469 e. The lowest BCUT2D eigenvalue weighted by Gasteiger charge is -2.18. The fourth-order valence-corrected chi connectivity index (χ4v) is 2.97. The maximum Gasteiger partial charge on any atom is 0.307 e. The molecule has 4 nitrogen and oxygen atoms in total. The standard InChI is InChI=1S/C22H21NO3/c1-26-22(25)15-20(18-8-3-2-4-9-18)23-21(24)14-16-11-12-17-7-5-6-10-19(17)13-16/h2-13,20H,14-15H2,1H3,(H,23,24)/t20-/m0/s1. The topological polar surface area (TPSA) is 55.4 Å². The zero-order valence-electron chi connectivity index (χ0n) is 14.6. The Labute approximate surface area is 152 Å². The Balaban J connectivity index is 1.73. The summed E-state index contributed by atoms with van der Waals surface area (Å²) in [6, 6.07) is 23.1. The first-order valence-electron chi connectivity index (χ1n) is 8.54. The molecule has 0 aliphatic carbocycles. The van der Waals surface area contributed by atoms with Crippen LogP contribution in [0.2, 0.25) is 0 Å². The Morgan fingerprint density at radius 2 is 1.62 bits per heavy atom. The normalized spacial score (nSPS) is 11.7. The minimum atomic E-state index is -0.406. The number of rotatable bonds is 6. The van der Waals surface area contributed by atoms with Crippen molar-refractivity contribution >= 4 is 22.6 Å². The van der Waals surface area contributed by atoms with Crippen LogP contribution in [0.4, 0.5) is 0 Å². The van der Waals surface area contributed by atoms with Gasteiger partial charge in [-0.15, -0.1) is 0 Å². The van der Waals surface area contributed by atoms with Gasteiger partial charge in [-0.2, -0.15) is 0 Å². The van der Waals surface area contributed by atoms with Crippen molar-refractivity contribution in [1.29, 1.82) is 0 Å². The predicted molar refractivity (Wildman–Crippen MR) is 102 cm³/mol. The van der Waals surface area contributed by atoms with E-state index in [1.165, 1.54) is 7.11 Å². The first-order chi connectivity index (χ1) is 12.7. The molecule has 0 spiro atoms. The zero-order valence-corrected chi connectivity index (χ0v) is 14.6. The molecule has 0 unspecified atom stereocenters. The monoisotopic (exact) mass is 347 g/mol. The molecule has 0 fully saturated rings. The maximum absolute atomic E-state index is 12.5. The van der Waals surface area contributed by atoms with Gasteiger partial charge in [-0.25, -0.2) is 0 Å². The van der Waals surface area contributed by atoms with Crippen molar-refractivity contribution in [1.82, 2.24) is 5.32 Å². The fourth-order valence-electron chi connectivity index (χ4n) is 2.97. The number of benzene rings is 3. The third-order valence-electron chi connectivity index (χ3n) is 4.31. The van der Waals surface area contributed by atoms with Crippen molar-refractivity contribution in [3.8, 4) is 0 Å². The van der Waals surface area contributed by atoms with Gasteiger partial charge >= 0.3 is 5.97 Å². The number of hydrogen-bond donors (Lipinski definition) is 1. The zero-order chi connectivity index (χ0) is 18.4. The van der Waals surface area contributed by atoms with E-state index in [4.69, 9.17) is 4.74 Å². The van der Waals surface area contributed by atoms with Gasteiger partial charge in [-0.05, 0) is 21.9 Å². The summed E-state index contributed by atoms with van der Waals surface area (Å²) in [5, 5.41) is 5.20. The van der Waals surface area contributed by atoms with Crippen LogP contribution in [0.5, 0.6) is 0 Å². The van der Waals surface area contributed by atoms with Gasteiger partial charge in [0.05, 0.1) is 26.0 Å². The predicted octanol–water partition coefficient (Wildman–Crippen LogP) is 3.80. The Hall–Kier alpha value is -3.14. The van der Waals surface area contributed by atoms with E-state index >= 15 is 0 Å². The van der Waals surface area contributed by atoms with Crippen LogP contribution in [0, 0.1) is 0 Å². The van der Waals surface area contributed by atoms with Crippen molar-refractivity contribution in [2.45, 2.75) is 18.9 Å². The second-order valence-corrected chi connectivity index (χ2v) is 6.17. The maximum atomic E-state index is 12.5. The van der Waals surface area contributed by atoms with Crippen LogP contribution in [0.1, 0.15) is 23.6 Å². The van der Waals surface area contributed by atoms with Crippen LogP contribution in [-0.4, -0.2) is 19.0 Å². The Kier molecular flexibility index (Phi) is 5.64. The van der Waals surface area contributed by atoms with Gasteiger partial charge in [0.25, 0.3) is 0 Å². The average molecular weight is 347 g/mol. The highest BCUT2D eigenvalue weighted by molar-refractivity contribution is 5.85. The van der Waals surface area contributed by atoms with Gasteiger partial charge in [0.15, 0.2) is 0 Å². The number of carbonyl (C=O) groups excluding carboxylic acids is 2. The van der Waals surface area contributed by atoms with E-state index < -0.39 is 6.04 Å². The molecule has 0 saturated heterocycles. The lowest BCUT2D eigenvalue weighted by atomic mass is 10.0. The molecule has 1 N–H and O–H groups in total. The molecule has 1 amide bonds. The van der Waals surface area contributed by atoms with Crippen molar-refractivity contribution in [3.63, 3.8) is 0 Å². The molecule has 26 heavy (non-hydrogen) atoms. The molecule has 0 heterocycles. The molecule has 132 valence electrons. The first-order valence-corrected chi connectivity index (χ1v) is 8.54. The number of carbonyl (C=O) groups is 2. The van der Waals surface area contributed by atoms with Gasteiger partial charge in [0, 0.05) is 0 Å². The number of fused-ring (bicyclic) bond motifs is 1. The molecule has 0 bridgehead atoms. The summed E-state index contributed by atoms with van der Waals surface area (Å²) < 4.78 is 4.76. The van der Waals surface area contributed by atoms with Crippen LogP contribution in [0.3, 0.4) is 0 Å². The first kappa shape index (κ1) is 17.7. The Bertz CT molecular complexity index is 905. The molecular formula is C22H21NO3. The van der Waals surface area contributed by atoms with Crippen molar-refractivity contribution in [3.05, 3.63) is 83.9 Å². The van der Waals surface area contributed by atoms with E-state index in [0.29, 0.717) is 0 Å². The van der Waals surface area contributed by atoms with Gasteiger partial charge < -0.3 is 10.1 Å². The van der Waals surface area contributed by atoms with Crippen LogP contribution in [0.15, 0.2) is 72.8 Å². The molecule has 0 aromatic heterocycles. The van der Waals surface area contributed by atoms with E-state index in [1.54, 1.807) is 0 Å². The third-order valence-corrected chi connectivity index (χ3v) is 4.31. The summed E-state index contributed by atoms with van der Waals surface area (Å²) in [6.45, 7) is 0. The van der Waals surface area contributed by atoms with Crippen molar-refractivity contribution < 1.29 is 14.3 Å². The molecule has 1 atom stereocenters. The number of nitrogens with one attached hydrogen (secondary N) is 1. The smallest absolute Gasteiger partial charge is 0.307 e. The second kappa shape index (κ2) is 8.30. The second-order valence-electron chi connectivity index (χ2n) is 6.17. The quantitative estimate of drug-likeness (QED) is 0.690. The highest BCUT2D eigenvalue weighted by Crippen LogP contribution is 2.19. The summed E-state index contributed by atoms with van der Waals surface area (Å²) in [5.74, 6) is -0.483. The SMILES string of the molecule is COC(=O)C[C@H](NC(=O)Cc1ccc2ccccc2c1)c1ccccc1. The van der Waals surface area contributed by atoms with E-state index in [9.17, 15) is 9.59 Å². The van der Waals surface area contributed by atoms with Crippen LogP contribution >= 0.6 is 0 Å². The third kappa shape index (κ3) is 4.48. The number of hydrogen-bond acceptors (Lipinski definition) is 3. The number of amides is 1. The summed E-state index contributed by atoms with van der Waals surface area (Å²) in [6.07, 6.45) is 0.360. The summed E-state index contributed by atoms with van der Waals surface area (Å²) in [4.78, 5) is 24.2. The molecule has 3 aromatic rings. The number of ether oxygens (including phenoxy) is 1. The van der Waals surface area contributed by atoms with Crippen LogP contribution in [-0.2, 0) is 20.7 Å². The van der Waals surface area contributed by atoms with Gasteiger partial charge in [0.1, 0.15) is 0 Å². The lowest BCUT2D eigenvalue weighted by molar-refractivity contribution is -0.141. The fraction of sp³-hybridized carbons (Fsp3) is 0.182. The summed E-state index contributed by atoms with van der Waals surface area (Å²) >= 11 is 0. The summed E-state index contributed by atoms with van der Waals surface area (Å²) in [5.41, 5.74) is 1.82. The van der Waals surface area contributed by atoms with E-state index in [-0.39, 0.29) is 24.7 Å². The molecule has 0 radical (unpaired) electrons. The van der Waals surface area contributed by atoms with Gasteiger partial charge in [0.2, 0.25) is 5.91 Å². The van der Waals surface area contributed by atoms with Crippen LogP contribution < -0.4 is 5.32 Å². The molecular weight excluding hydrogens is 326 g/mol. The molecule has 0 saturated carbocycles. The van der Waals surface area contributed by atoms with E-state index in [2.05, 4.69) is 5.32 Å². The average Bonchev–Trinajstić information content (AvgIpc) is 2.68. The largest absolute Gasteiger partial charge is 0.469 e. The van der Waals surface area contributed by atoms with Crippen molar-refractivity contribution in [2.24, 2.45) is 0 Å².